The third-order valence-electron chi connectivity index (χ3n) is 4.98. The molecule has 0 bridgehead atoms. The van der Waals surface area contributed by atoms with Gasteiger partial charge in [0.05, 0.1) is 23.2 Å². The van der Waals surface area contributed by atoms with Crippen molar-refractivity contribution in [3.8, 4) is 0 Å². The van der Waals surface area contributed by atoms with Crippen molar-refractivity contribution in [2.24, 2.45) is 18.9 Å². The Kier molecular flexibility index (Phi) is 7.40. The van der Waals surface area contributed by atoms with Gasteiger partial charge in [0, 0.05) is 38.1 Å². The topological polar surface area (TPSA) is 97.4 Å². The molecule has 174 valence electrons. The summed E-state index contributed by atoms with van der Waals surface area (Å²) < 4.78 is 36.2. The van der Waals surface area contributed by atoms with Gasteiger partial charge in [0.25, 0.3) is 0 Å². The molecule has 0 radical (unpaired) electrons. The van der Waals surface area contributed by atoms with Gasteiger partial charge in [-0.1, -0.05) is 27.7 Å². The summed E-state index contributed by atoms with van der Waals surface area (Å²) in [6.45, 7) is 9.27. The minimum absolute atomic E-state index is 0.0875. The lowest BCUT2D eigenvalue weighted by molar-refractivity contribution is -0.134. The summed E-state index contributed by atoms with van der Waals surface area (Å²) in [4.78, 5) is 19.7. The Morgan fingerprint density at radius 1 is 1.16 bits per heavy atom. The van der Waals surface area contributed by atoms with E-state index in [1.165, 1.54) is 12.3 Å². The summed E-state index contributed by atoms with van der Waals surface area (Å²) in [5.41, 5.74) is 1.25. The number of nitrogens with zero attached hydrogens (tertiary/aromatic N) is 3. The van der Waals surface area contributed by atoms with Crippen molar-refractivity contribution in [3.63, 3.8) is 0 Å². The van der Waals surface area contributed by atoms with E-state index in [0.717, 1.165) is 0 Å². The van der Waals surface area contributed by atoms with E-state index in [2.05, 4.69) is 9.71 Å². The Labute approximate surface area is 189 Å². The highest BCUT2D eigenvalue weighted by Gasteiger charge is 2.31. The smallest absolute Gasteiger partial charge is 0.241 e. The number of aryl methyl sites for hydroxylation is 1. The van der Waals surface area contributed by atoms with Crippen molar-refractivity contribution in [2.75, 3.05) is 13.1 Å². The van der Waals surface area contributed by atoms with Crippen molar-refractivity contribution in [1.82, 2.24) is 19.2 Å². The molecule has 9 heteroatoms. The van der Waals surface area contributed by atoms with Crippen molar-refractivity contribution in [3.05, 3.63) is 48.7 Å². The molecule has 0 saturated heterocycles. The average molecular weight is 461 g/mol. The van der Waals surface area contributed by atoms with Gasteiger partial charge in [-0.25, -0.2) is 13.4 Å². The molecular weight excluding hydrogens is 428 g/mol. The van der Waals surface area contributed by atoms with E-state index in [-0.39, 0.29) is 29.1 Å². The molecule has 0 unspecified atom stereocenters. The van der Waals surface area contributed by atoms with Crippen LogP contribution < -0.4 is 4.72 Å². The van der Waals surface area contributed by atoms with E-state index in [1.807, 2.05) is 34.7 Å². The maximum absolute atomic E-state index is 13.6. The summed E-state index contributed by atoms with van der Waals surface area (Å²) in [6, 6.07) is 5.38. The second-order valence-corrected chi connectivity index (χ2v) is 10.8. The summed E-state index contributed by atoms with van der Waals surface area (Å²) in [5, 5.41) is 0.682. The van der Waals surface area contributed by atoms with Crippen molar-refractivity contribution >= 4 is 26.9 Å². The van der Waals surface area contributed by atoms with Crippen molar-refractivity contribution in [2.45, 2.75) is 45.1 Å². The third kappa shape index (κ3) is 5.98. The number of amides is 1. The first-order chi connectivity index (χ1) is 15.0. The minimum Gasteiger partial charge on any atom is -0.464 e. The van der Waals surface area contributed by atoms with Gasteiger partial charge < -0.3 is 13.9 Å². The van der Waals surface area contributed by atoms with Gasteiger partial charge in [-0.3, -0.25) is 4.79 Å². The number of furan rings is 1. The molecule has 2 heterocycles. The molecule has 1 atom stereocenters. The number of imidazole rings is 1. The van der Waals surface area contributed by atoms with Crippen LogP contribution in [0.1, 0.15) is 33.4 Å². The molecule has 0 aliphatic carbocycles. The van der Waals surface area contributed by atoms with Crippen LogP contribution in [0.25, 0.3) is 11.0 Å². The summed E-state index contributed by atoms with van der Waals surface area (Å²) >= 11 is 0. The van der Waals surface area contributed by atoms with Crippen molar-refractivity contribution in [1.29, 1.82) is 0 Å². The van der Waals surface area contributed by atoms with Gasteiger partial charge in [0.15, 0.2) is 0 Å². The molecule has 8 nitrogen and oxygen atoms in total. The normalized spacial score (nSPS) is 13.2. The summed E-state index contributed by atoms with van der Waals surface area (Å²) in [5.74, 6) is 0.271. The van der Waals surface area contributed by atoms with Crippen LogP contribution in [0.3, 0.4) is 0 Å². The predicted molar refractivity (Wildman–Crippen MR) is 123 cm³/mol. The number of hydrogen-bond donors (Lipinski definition) is 1. The van der Waals surface area contributed by atoms with Gasteiger partial charge in [-0.2, -0.15) is 4.72 Å². The monoisotopic (exact) mass is 460 g/mol. The van der Waals surface area contributed by atoms with Gasteiger partial charge in [-0.05, 0) is 36.1 Å². The number of carbonyl (C=O) groups is 1. The molecule has 0 spiro atoms. The van der Waals surface area contributed by atoms with Crippen LogP contribution in [0, 0.1) is 11.8 Å². The number of sulfonamides is 1. The van der Waals surface area contributed by atoms with E-state index >= 15 is 0 Å². The Morgan fingerprint density at radius 3 is 2.44 bits per heavy atom. The lowest BCUT2D eigenvalue weighted by atomic mass is 10.1. The zero-order valence-electron chi connectivity index (χ0n) is 19.3. The number of benzene rings is 1. The predicted octanol–water partition coefficient (Wildman–Crippen LogP) is 3.20. The van der Waals surface area contributed by atoms with Gasteiger partial charge in [0.2, 0.25) is 15.9 Å². The highest BCUT2D eigenvalue weighted by molar-refractivity contribution is 7.89. The minimum atomic E-state index is -3.95. The second-order valence-electron chi connectivity index (χ2n) is 9.06. The molecule has 2 aromatic heterocycles. The molecule has 3 aromatic rings. The van der Waals surface area contributed by atoms with Crippen LogP contribution in [0.5, 0.6) is 0 Å². The fourth-order valence-electron chi connectivity index (χ4n) is 3.68. The maximum Gasteiger partial charge on any atom is 0.241 e. The van der Waals surface area contributed by atoms with E-state index < -0.39 is 16.1 Å². The zero-order valence-corrected chi connectivity index (χ0v) is 20.1. The van der Waals surface area contributed by atoms with E-state index in [9.17, 15) is 13.2 Å². The zero-order chi connectivity index (χ0) is 23.5. The summed E-state index contributed by atoms with van der Waals surface area (Å²) in [7, 11) is -2.12. The largest absolute Gasteiger partial charge is 0.464 e. The Hall–Kier alpha value is -2.65. The number of carbonyl (C=O) groups excluding carboxylic acids is 1. The first-order valence-corrected chi connectivity index (χ1v) is 12.3. The lowest BCUT2D eigenvalue weighted by Crippen LogP contribution is -2.51. The number of fused-ring (bicyclic) bond motifs is 1. The highest BCUT2D eigenvalue weighted by atomic mass is 32.2. The standard InChI is InChI=1S/C23H32N4O4S/c1-16(2)12-27(13-17(3)4)23(28)21(11-19-14-26(5)15-24-19)25-32(29,30)20-6-7-22-18(10-20)8-9-31-22/h6-10,14-17,21,25H,11-13H2,1-5H3/t21-/m0/s1. The van der Waals surface area contributed by atoms with Crippen LogP contribution >= 0.6 is 0 Å². The fraction of sp³-hybridized carbons (Fsp3) is 0.478. The molecule has 32 heavy (non-hydrogen) atoms. The molecule has 0 saturated carbocycles. The van der Waals surface area contributed by atoms with Crippen molar-refractivity contribution < 1.29 is 17.6 Å². The van der Waals surface area contributed by atoms with E-state index in [1.54, 1.807) is 40.2 Å². The molecule has 1 aromatic carbocycles. The molecule has 3 rings (SSSR count). The number of nitrogens with one attached hydrogen (secondary N) is 1. The average Bonchev–Trinajstić information content (AvgIpc) is 3.33. The van der Waals surface area contributed by atoms with Crippen LogP contribution in [-0.4, -0.2) is 47.9 Å². The van der Waals surface area contributed by atoms with Crippen LogP contribution in [0.15, 0.2) is 52.4 Å². The van der Waals surface area contributed by atoms with Gasteiger partial charge in [-0.15, -0.1) is 0 Å². The lowest BCUT2D eigenvalue weighted by Gasteiger charge is -2.30. The van der Waals surface area contributed by atoms with E-state index in [4.69, 9.17) is 4.42 Å². The van der Waals surface area contributed by atoms with Gasteiger partial charge >= 0.3 is 0 Å². The first kappa shape index (κ1) is 24.0. The molecule has 0 aliphatic heterocycles. The van der Waals surface area contributed by atoms with E-state index in [0.29, 0.717) is 29.8 Å². The highest BCUT2D eigenvalue weighted by Crippen LogP contribution is 2.21. The third-order valence-corrected chi connectivity index (χ3v) is 6.45. The Bertz CT molecular complexity index is 1150. The molecule has 0 aliphatic rings. The van der Waals surface area contributed by atoms with Crippen LogP contribution in [-0.2, 0) is 28.3 Å². The van der Waals surface area contributed by atoms with Gasteiger partial charge in [0.1, 0.15) is 11.6 Å². The molecule has 1 amide bonds. The molecule has 1 N–H and O–H groups in total. The number of hydrogen-bond acceptors (Lipinski definition) is 5. The number of aromatic nitrogens is 2. The quantitative estimate of drug-likeness (QED) is 0.501. The Morgan fingerprint density at radius 2 is 1.84 bits per heavy atom. The molecule has 0 fully saturated rings. The maximum atomic E-state index is 13.6. The molecular formula is C23H32N4O4S. The Balaban J connectivity index is 1.92. The first-order valence-electron chi connectivity index (χ1n) is 10.8. The SMILES string of the molecule is CC(C)CN(CC(C)C)C(=O)[C@H](Cc1cn(C)cn1)NS(=O)(=O)c1ccc2occc2c1. The summed E-state index contributed by atoms with van der Waals surface area (Å²) in [6.07, 6.45) is 5.11. The second kappa shape index (κ2) is 9.87. The van der Waals surface area contributed by atoms with Crippen LogP contribution in [0.2, 0.25) is 0 Å². The fourth-order valence-corrected chi connectivity index (χ4v) is 4.91. The van der Waals surface area contributed by atoms with Crippen LogP contribution in [0.4, 0.5) is 0 Å². The number of rotatable bonds is 10.